The summed E-state index contributed by atoms with van der Waals surface area (Å²) in [4.78, 5) is 0. The van der Waals surface area contributed by atoms with Crippen LogP contribution in [0.5, 0.6) is 5.75 Å². The highest BCUT2D eigenvalue weighted by Crippen LogP contribution is 2.25. The van der Waals surface area contributed by atoms with E-state index in [4.69, 9.17) is 9.15 Å². The van der Waals surface area contributed by atoms with Gasteiger partial charge in [-0.2, -0.15) is 0 Å². The molecule has 0 aliphatic rings. The van der Waals surface area contributed by atoms with Crippen molar-refractivity contribution in [3.63, 3.8) is 0 Å². The fourth-order valence-electron chi connectivity index (χ4n) is 2.15. The predicted molar refractivity (Wildman–Crippen MR) is 84.7 cm³/mol. The summed E-state index contributed by atoms with van der Waals surface area (Å²) < 4.78 is 12.2. The number of hydrogen-bond acceptors (Lipinski definition) is 2. The second-order valence-electron chi connectivity index (χ2n) is 4.40. The van der Waals surface area contributed by atoms with Crippen LogP contribution in [-0.2, 0) is 6.42 Å². The highest BCUT2D eigenvalue weighted by atomic mass is 127. The third-order valence-corrected chi connectivity index (χ3v) is 3.91. The topological polar surface area (TPSA) is 22.4 Å². The van der Waals surface area contributed by atoms with Gasteiger partial charge in [0.2, 0.25) is 0 Å². The molecule has 3 rings (SSSR count). The van der Waals surface area contributed by atoms with E-state index in [-0.39, 0.29) is 0 Å². The zero-order chi connectivity index (χ0) is 13.2. The average molecular weight is 364 g/mol. The van der Waals surface area contributed by atoms with E-state index in [1.165, 1.54) is 5.56 Å². The molecule has 3 heteroatoms. The van der Waals surface area contributed by atoms with Crippen LogP contribution in [0.25, 0.3) is 11.0 Å². The van der Waals surface area contributed by atoms with Crippen molar-refractivity contribution in [3.8, 4) is 5.75 Å². The first-order valence-electron chi connectivity index (χ1n) is 6.06. The maximum absolute atomic E-state index is 5.83. The van der Waals surface area contributed by atoms with E-state index in [9.17, 15) is 0 Å². The molecule has 2 nitrogen and oxygen atoms in total. The Labute approximate surface area is 125 Å². The van der Waals surface area contributed by atoms with Gasteiger partial charge in [0.1, 0.15) is 17.1 Å². The van der Waals surface area contributed by atoms with Crippen LogP contribution in [-0.4, -0.2) is 7.11 Å². The lowest BCUT2D eigenvalue weighted by Gasteiger charge is -2.05. The second-order valence-corrected chi connectivity index (χ2v) is 5.56. The summed E-state index contributed by atoms with van der Waals surface area (Å²) in [6.07, 6.45) is 0.800. The molecule has 0 atom stereocenters. The molecule has 0 bridgehead atoms. The number of methoxy groups -OCH3 is 1. The SMILES string of the molecule is COc1ccc(Cc2cc3ccccc3o2)cc1I. The summed E-state index contributed by atoms with van der Waals surface area (Å²) in [6, 6.07) is 16.4. The standard InChI is InChI=1S/C16H13IO2/c1-18-16-7-6-11(9-14(16)17)8-13-10-12-4-2-3-5-15(12)19-13/h2-7,9-10H,8H2,1H3. The van der Waals surface area contributed by atoms with Crippen LogP contribution in [0.3, 0.4) is 0 Å². The first-order chi connectivity index (χ1) is 9.26. The van der Waals surface area contributed by atoms with E-state index in [1.807, 2.05) is 24.3 Å². The minimum absolute atomic E-state index is 0.800. The fraction of sp³-hybridized carbons (Fsp3) is 0.125. The first-order valence-corrected chi connectivity index (χ1v) is 7.14. The van der Waals surface area contributed by atoms with Gasteiger partial charge < -0.3 is 9.15 Å². The van der Waals surface area contributed by atoms with Gasteiger partial charge in [-0.15, -0.1) is 0 Å². The van der Waals surface area contributed by atoms with Crippen LogP contribution < -0.4 is 4.74 Å². The van der Waals surface area contributed by atoms with Crippen LogP contribution in [0.4, 0.5) is 0 Å². The third kappa shape index (κ3) is 2.61. The average Bonchev–Trinajstić information content (AvgIpc) is 2.81. The molecule has 0 amide bonds. The summed E-state index contributed by atoms with van der Waals surface area (Å²) >= 11 is 2.29. The molecule has 2 aromatic carbocycles. The van der Waals surface area contributed by atoms with Crippen molar-refractivity contribution >= 4 is 33.6 Å². The Bertz CT molecular complexity index is 683. The maximum atomic E-state index is 5.83. The highest BCUT2D eigenvalue weighted by molar-refractivity contribution is 14.1. The van der Waals surface area contributed by atoms with Gasteiger partial charge in [0.15, 0.2) is 0 Å². The van der Waals surface area contributed by atoms with Gasteiger partial charge in [0, 0.05) is 11.8 Å². The molecule has 0 aliphatic heterocycles. The largest absolute Gasteiger partial charge is 0.496 e. The third-order valence-electron chi connectivity index (χ3n) is 3.07. The molecule has 0 saturated heterocycles. The monoisotopic (exact) mass is 364 g/mol. The first kappa shape index (κ1) is 12.5. The van der Waals surface area contributed by atoms with Crippen LogP contribution in [0, 0.1) is 3.57 Å². The number of para-hydroxylation sites is 1. The molecule has 0 saturated carbocycles. The smallest absolute Gasteiger partial charge is 0.134 e. The Morgan fingerprint density at radius 2 is 1.95 bits per heavy atom. The lowest BCUT2D eigenvalue weighted by Crippen LogP contribution is -1.90. The molecule has 1 heterocycles. The van der Waals surface area contributed by atoms with Crippen molar-refractivity contribution in [3.05, 3.63) is 63.4 Å². The molecular weight excluding hydrogens is 351 g/mol. The predicted octanol–water partition coefficient (Wildman–Crippen LogP) is 4.64. The minimum Gasteiger partial charge on any atom is -0.496 e. The highest BCUT2D eigenvalue weighted by Gasteiger charge is 2.06. The van der Waals surface area contributed by atoms with Gasteiger partial charge >= 0.3 is 0 Å². The normalized spacial score (nSPS) is 10.8. The van der Waals surface area contributed by atoms with Gasteiger partial charge in [-0.05, 0) is 52.4 Å². The molecule has 19 heavy (non-hydrogen) atoms. The second kappa shape index (κ2) is 5.25. The number of hydrogen-bond donors (Lipinski definition) is 0. The van der Waals surface area contributed by atoms with Crippen molar-refractivity contribution in [2.75, 3.05) is 7.11 Å². The van der Waals surface area contributed by atoms with Crippen molar-refractivity contribution < 1.29 is 9.15 Å². The van der Waals surface area contributed by atoms with Crippen LogP contribution >= 0.6 is 22.6 Å². The summed E-state index contributed by atoms with van der Waals surface area (Å²) in [5, 5.41) is 1.15. The van der Waals surface area contributed by atoms with Gasteiger partial charge in [-0.1, -0.05) is 24.3 Å². The van der Waals surface area contributed by atoms with E-state index < -0.39 is 0 Å². The zero-order valence-electron chi connectivity index (χ0n) is 10.5. The summed E-state index contributed by atoms with van der Waals surface area (Å²) in [7, 11) is 1.69. The lowest BCUT2D eigenvalue weighted by molar-refractivity contribution is 0.411. The molecule has 0 aliphatic carbocycles. The maximum Gasteiger partial charge on any atom is 0.134 e. The van der Waals surface area contributed by atoms with Crippen molar-refractivity contribution in [2.24, 2.45) is 0 Å². The quantitative estimate of drug-likeness (QED) is 0.632. The van der Waals surface area contributed by atoms with E-state index in [1.54, 1.807) is 7.11 Å². The number of fused-ring (bicyclic) bond motifs is 1. The lowest BCUT2D eigenvalue weighted by atomic mass is 10.1. The Balaban J connectivity index is 1.90. The molecule has 1 aromatic heterocycles. The summed E-state index contributed by atoms with van der Waals surface area (Å²) in [5.41, 5.74) is 2.17. The van der Waals surface area contributed by atoms with Crippen LogP contribution in [0.1, 0.15) is 11.3 Å². The number of furan rings is 1. The number of halogens is 1. The Morgan fingerprint density at radius 3 is 2.68 bits per heavy atom. The van der Waals surface area contributed by atoms with E-state index >= 15 is 0 Å². The van der Waals surface area contributed by atoms with E-state index in [2.05, 4.69) is 46.9 Å². The molecule has 3 aromatic rings. The molecule has 0 radical (unpaired) electrons. The molecule has 0 fully saturated rings. The Kier molecular flexibility index (Phi) is 3.46. The molecular formula is C16H13IO2. The zero-order valence-corrected chi connectivity index (χ0v) is 12.7. The molecule has 96 valence electrons. The van der Waals surface area contributed by atoms with Gasteiger partial charge in [-0.25, -0.2) is 0 Å². The van der Waals surface area contributed by atoms with Gasteiger partial charge in [0.25, 0.3) is 0 Å². The van der Waals surface area contributed by atoms with E-state index in [0.717, 1.165) is 32.5 Å². The van der Waals surface area contributed by atoms with Crippen LogP contribution in [0.15, 0.2) is 52.9 Å². The molecule has 0 unspecified atom stereocenters. The van der Waals surface area contributed by atoms with Crippen molar-refractivity contribution in [2.45, 2.75) is 6.42 Å². The van der Waals surface area contributed by atoms with E-state index in [0.29, 0.717) is 0 Å². The minimum atomic E-state index is 0.800. The Hall–Kier alpha value is -1.49. The van der Waals surface area contributed by atoms with Crippen molar-refractivity contribution in [1.29, 1.82) is 0 Å². The van der Waals surface area contributed by atoms with Gasteiger partial charge in [0.05, 0.1) is 10.7 Å². The fourth-order valence-corrected chi connectivity index (χ4v) is 2.94. The molecule has 0 N–H and O–H groups in total. The number of benzene rings is 2. The van der Waals surface area contributed by atoms with Crippen molar-refractivity contribution in [1.82, 2.24) is 0 Å². The summed E-state index contributed by atoms with van der Waals surface area (Å²) in [6.45, 7) is 0. The van der Waals surface area contributed by atoms with Gasteiger partial charge in [-0.3, -0.25) is 0 Å². The number of rotatable bonds is 3. The Morgan fingerprint density at radius 1 is 1.11 bits per heavy atom. The summed E-state index contributed by atoms with van der Waals surface area (Å²) in [5.74, 6) is 1.90. The number of ether oxygens (including phenoxy) is 1. The molecule has 0 spiro atoms. The van der Waals surface area contributed by atoms with Crippen LogP contribution in [0.2, 0.25) is 0 Å².